The molecule has 0 bridgehead atoms. The van der Waals surface area contributed by atoms with Crippen molar-refractivity contribution in [3.05, 3.63) is 29.6 Å². The molecule has 1 aromatic carbocycles. The van der Waals surface area contributed by atoms with E-state index in [1.54, 1.807) is 11.3 Å². The van der Waals surface area contributed by atoms with Gasteiger partial charge in [0.15, 0.2) is 0 Å². The number of carbonyl (C=O) groups excluding carboxylic acids is 1. The zero-order valence-electron chi connectivity index (χ0n) is 11.7. The lowest BCUT2D eigenvalue weighted by Gasteiger charge is -2.35. The van der Waals surface area contributed by atoms with Crippen LogP contribution < -0.4 is 5.32 Å². The average molecular weight is 302 g/mol. The van der Waals surface area contributed by atoms with Gasteiger partial charge in [-0.25, -0.2) is 4.79 Å². The van der Waals surface area contributed by atoms with Gasteiger partial charge in [0.1, 0.15) is 0 Å². The molecule has 1 saturated carbocycles. The van der Waals surface area contributed by atoms with Gasteiger partial charge in [-0.15, -0.1) is 11.3 Å². The molecule has 1 atom stereocenters. The Hall–Kier alpha value is -1.59. The van der Waals surface area contributed by atoms with Gasteiger partial charge in [-0.3, -0.25) is 0 Å². The van der Waals surface area contributed by atoms with Gasteiger partial charge in [0.05, 0.1) is 19.3 Å². The fourth-order valence-corrected chi connectivity index (χ4v) is 3.76. The van der Waals surface area contributed by atoms with E-state index >= 15 is 0 Å². The second-order valence-corrected chi connectivity index (χ2v) is 6.72. The molecule has 4 rings (SSSR count). The monoisotopic (exact) mass is 302 g/mol. The number of nitrogens with one attached hydrogen (secondary N) is 1. The number of ether oxygens (including phenoxy) is 1. The van der Waals surface area contributed by atoms with E-state index in [2.05, 4.69) is 22.8 Å². The highest BCUT2D eigenvalue weighted by atomic mass is 32.1. The van der Waals surface area contributed by atoms with Crippen molar-refractivity contribution in [2.45, 2.75) is 18.9 Å². The third-order valence-electron chi connectivity index (χ3n) is 4.30. The first-order valence-electron chi connectivity index (χ1n) is 7.44. The van der Waals surface area contributed by atoms with Crippen molar-refractivity contribution >= 4 is 33.1 Å². The number of amides is 2. The molecule has 21 heavy (non-hydrogen) atoms. The van der Waals surface area contributed by atoms with E-state index in [9.17, 15) is 4.79 Å². The Morgan fingerprint density at radius 1 is 1.33 bits per heavy atom. The molecule has 0 radical (unpaired) electrons. The Bertz CT molecular complexity index is 665. The highest BCUT2D eigenvalue weighted by molar-refractivity contribution is 7.17. The first-order valence-corrected chi connectivity index (χ1v) is 8.32. The van der Waals surface area contributed by atoms with Crippen molar-refractivity contribution < 1.29 is 9.53 Å². The fourth-order valence-electron chi connectivity index (χ4n) is 2.99. The summed E-state index contributed by atoms with van der Waals surface area (Å²) in [6.07, 6.45) is 2.44. The molecule has 5 heteroatoms. The molecule has 2 fully saturated rings. The number of hydrogen-bond acceptors (Lipinski definition) is 3. The maximum absolute atomic E-state index is 12.5. The molecule has 2 heterocycles. The number of thiophene rings is 1. The van der Waals surface area contributed by atoms with E-state index in [4.69, 9.17) is 4.74 Å². The van der Waals surface area contributed by atoms with Crippen molar-refractivity contribution in [2.24, 2.45) is 5.92 Å². The minimum Gasteiger partial charge on any atom is -0.377 e. The van der Waals surface area contributed by atoms with E-state index in [1.807, 2.05) is 17.0 Å². The van der Waals surface area contributed by atoms with Gasteiger partial charge in [0.25, 0.3) is 0 Å². The highest BCUT2D eigenvalue weighted by Gasteiger charge is 2.39. The summed E-state index contributed by atoms with van der Waals surface area (Å²) in [7, 11) is 0. The predicted molar refractivity (Wildman–Crippen MR) is 84.9 cm³/mol. The second kappa shape index (κ2) is 5.31. The topological polar surface area (TPSA) is 41.6 Å². The van der Waals surface area contributed by atoms with Gasteiger partial charge in [0, 0.05) is 16.9 Å². The Kier molecular flexibility index (Phi) is 3.31. The SMILES string of the molecule is O=C(Nc1ccc2sccc2c1)N1CCOC[C@@H]1C1CC1. The average Bonchev–Trinajstić information content (AvgIpc) is 3.25. The summed E-state index contributed by atoms with van der Waals surface area (Å²) in [6, 6.07) is 8.41. The van der Waals surface area contributed by atoms with Crippen molar-refractivity contribution in [2.75, 3.05) is 25.1 Å². The van der Waals surface area contributed by atoms with Gasteiger partial charge in [-0.1, -0.05) is 0 Å². The lowest BCUT2D eigenvalue weighted by atomic mass is 10.1. The molecule has 1 saturated heterocycles. The third kappa shape index (κ3) is 2.63. The molecule has 2 aromatic rings. The maximum Gasteiger partial charge on any atom is 0.322 e. The summed E-state index contributed by atoms with van der Waals surface area (Å²) in [5, 5.41) is 6.29. The summed E-state index contributed by atoms with van der Waals surface area (Å²) in [5.74, 6) is 0.635. The molecular weight excluding hydrogens is 284 g/mol. The van der Waals surface area contributed by atoms with Crippen molar-refractivity contribution in [1.29, 1.82) is 0 Å². The van der Waals surface area contributed by atoms with Gasteiger partial charge in [-0.2, -0.15) is 0 Å². The van der Waals surface area contributed by atoms with Crippen LogP contribution in [0.25, 0.3) is 10.1 Å². The van der Waals surface area contributed by atoms with E-state index in [0.717, 1.165) is 5.69 Å². The Morgan fingerprint density at radius 3 is 3.10 bits per heavy atom. The van der Waals surface area contributed by atoms with Gasteiger partial charge < -0.3 is 15.0 Å². The number of anilines is 1. The molecule has 1 N–H and O–H groups in total. The Balaban J connectivity index is 1.50. The normalized spacial score (nSPS) is 22.5. The molecule has 2 amide bonds. The standard InChI is InChI=1S/C16H18N2O2S/c19-16(18-6-7-20-10-14(18)11-1-2-11)17-13-3-4-15-12(9-13)5-8-21-15/h3-5,8-9,11,14H,1-2,6-7,10H2,(H,17,19)/t14-/m1/s1. The number of rotatable bonds is 2. The van der Waals surface area contributed by atoms with E-state index in [0.29, 0.717) is 25.7 Å². The lowest BCUT2D eigenvalue weighted by Crippen LogP contribution is -2.51. The minimum atomic E-state index is 0.00443. The third-order valence-corrected chi connectivity index (χ3v) is 5.19. The van der Waals surface area contributed by atoms with Crippen LogP contribution in [-0.4, -0.2) is 36.7 Å². The summed E-state index contributed by atoms with van der Waals surface area (Å²) in [6.45, 7) is 2.01. The quantitative estimate of drug-likeness (QED) is 0.922. The molecule has 2 aliphatic rings. The van der Waals surface area contributed by atoms with Crippen LogP contribution in [0, 0.1) is 5.92 Å². The molecule has 4 nitrogen and oxygen atoms in total. The summed E-state index contributed by atoms with van der Waals surface area (Å²) >= 11 is 1.72. The summed E-state index contributed by atoms with van der Waals surface area (Å²) in [4.78, 5) is 14.5. The fraction of sp³-hybridized carbons (Fsp3) is 0.438. The zero-order valence-corrected chi connectivity index (χ0v) is 12.6. The molecular formula is C16H18N2O2S. The van der Waals surface area contributed by atoms with Crippen LogP contribution in [-0.2, 0) is 4.74 Å². The molecule has 110 valence electrons. The smallest absolute Gasteiger partial charge is 0.322 e. The molecule has 0 spiro atoms. The Labute approximate surface area is 127 Å². The second-order valence-electron chi connectivity index (χ2n) is 5.78. The van der Waals surface area contributed by atoms with E-state index in [1.165, 1.54) is 22.9 Å². The predicted octanol–water partition coefficient (Wildman–Crippen LogP) is 3.54. The van der Waals surface area contributed by atoms with Gasteiger partial charge in [-0.05, 0) is 53.8 Å². The lowest BCUT2D eigenvalue weighted by molar-refractivity contribution is 0.00773. The van der Waals surface area contributed by atoms with E-state index < -0.39 is 0 Å². The van der Waals surface area contributed by atoms with Crippen LogP contribution in [0.2, 0.25) is 0 Å². The number of urea groups is 1. The first-order chi connectivity index (χ1) is 10.3. The van der Waals surface area contributed by atoms with Gasteiger partial charge in [0.2, 0.25) is 0 Å². The van der Waals surface area contributed by atoms with Crippen molar-refractivity contribution in [3.8, 4) is 0 Å². The summed E-state index contributed by atoms with van der Waals surface area (Å²) < 4.78 is 6.79. The van der Waals surface area contributed by atoms with Crippen LogP contribution in [0.5, 0.6) is 0 Å². The number of benzene rings is 1. The van der Waals surface area contributed by atoms with Crippen molar-refractivity contribution in [1.82, 2.24) is 4.90 Å². The molecule has 1 aliphatic heterocycles. The maximum atomic E-state index is 12.5. The Morgan fingerprint density at radius 2 is 2.24 bits per heavy atom. The number of nitrogens with zero attached hydrogens (tertiary/aromatic N) is 1. The molecule has 1 aromatic heterocycles. The number of morpholine rings is 1. The number of hydrogen-bond donors (Lipinski definition) is 1. The first kappa shape index (κ1) is 13.1. The van der Waals surface area contributed by atoms with Gasteiger partial charge >= 0.3 is 6.03 Å². The van der Waals surface area contributed by atoms with Crippen molar-refractivity contribution in [3.63, 3.8) is 0 Å². The number of carbonyl (C=O) groups is 1. The molecule has 1 aliphatic carbocycles. The van der Waals surface area contributed by atoms with E-state index in [-0.39, 0.29) is 12.1 Å². The van der Waals surface area contributed by atoms with Crippen LogP contribution in [0.3, 0.4) is 0 Å². The van der Waals surface area contributed by atoms with Crippen LogP contribution >= 0.6 is 11.3 Å². The molecule has 0 unspecified atom stereocenters. The summed E-state index contributed by atoms with van der Waals surface area (Å²) in [5.41, 5.74) is 0.868. The zero-order chi connectivity index (χ0) is 14.2. The number of fused-ring (bicyclic) bond motifs is 1. The highest BCUT2D eigenvalue weighted by Crippen LogP contribution is 2.36. The van der Waals surface area contributed by atoms with Crippen LogP contribution in [0.15, 0.2) is 29.6 Å². The van der Waals surface area contributed by atoms with Crippen LogP contribution in [0.1, 0.15) is 12.8 Å². The minimum absolute atomic E-state index is 0.00443. The van der Waals surface area contributed by atoms with Crippen LogP contribution in [0.4, 0.5) is 10.5 Å². The largest absolute Gasteiger partial charge is 0.377 e.